The second-order valence-electron chi connectivity index (χ2n) is 6.87. The van der Waals surface area contributed by atoms with Gasteiger partial charge in [0, 0.05) is 45.8 Å². The molecule has 2 rings (SSSR count). The number of likely N-dealkylation sites (tertiary alicyclic amines) is 1. The molecule has 0 aromatic rings. The molecule has 6 nitrogen and oxygen atoms in total. The molecule has 2 N–H and O–H groups in total. The van der Waals surface area contributed by atoms with Gasteiger partial charge in [0.2, 0.25) is 0 Å². The topological polar surface area (TPSA) is 52.1 Å². The molecule has 2 heterocycles. The van der Waals surface area contributed by atoms with Crippen molar-refractivity contribution in [3.8, 4) is 0 Å². The van der Waals surface area contributed by atoms with E-state index in [1.54, 1.807) is 0 Å². The lowest BCUT2D eigenvalue weighted by atomic mass is 10.0. The molecule has 2 fully saturated rings. The van der Waals surface area contributed by atoms with Gasteiger partial charge in [0.15, 0.2) is 5.96 Å². The Morgan fingerprint density at radius 1 is 1.25 bits per heavy atom. The summed E-state index contributed by atoms with van der Waals surface area (Å²) in [6.45, 7) is 9.41. The van der Waals surface area contributed by atoms with E-state index in [1.807, 2.05) is 7.05 Å². The Balaban J connectivity index is 0.00000288. The highest BCUT2D eigenvalue weighted by Gasteiger charge is 2.18. The Morgan fingerprint density at radius 3 is 2.79 bits per heavy atom. The van der Waals surface area contributed by atoms with Crippen LogP contribution in [0.4, 0.5) is 0 Å². The van der Waals surface area contributed by atoms with Crippen molar-refractivity contribution in [1.82, 2.24) is 20.4 Å². The highest BCUT2D eigenvalue weighted by atomic mass is 127. The standard InChI is InChI=1S/C17H35N5O.HI/c1-15-7-4-5-9-22(15)10-6-8-19-17(18-2)20-13-16-14-21(3)11-12-23-16;/h15-16H,4-14H2,1-3H3,(H2,18,19,20);1H. The van der Waals surface area contributed by atoms with Gasteiger partial charge in [-0.3, -0.25) is 4.99 Å². The fourth-order valence-corrected chi connectivity index (χ4v) is 3.40. The van der Waals surface area contributed by atoms with E-state index in [2.05, 4.69) is 39.4 Å². The molecule has 2 atom stereocenters. The van der Waals surface area contributed by atoms with Crippen LogP contribution in [-0.4, -0.2) is 87.9 Å². The minimum atomic E-state index is 0. The van der Waals surface area contributed by atoms with Crippen molar-refractivity contribution in [3.63, 3.8) is 0 Å². The van der Waals surface area contributed by atoms with Crippen molar-refractivity contribution in [2.45, 2.75) is 44.8 Å². The van der Waals surface area contributed by atoms with Gasteiger partial charge < -0.3 is 25.2 Å². The largest absolute Gasteiger partial charge is 0.374 e. The lowest BCUT2D eigenvalue weighted by Crippen LogP contribution is -2.48. The van der Waals surface area contributed by atoms with Gasteiger partial charge in [-0.25, -0.2) is 0 Å². The number of nitrogens with zero attached hydrogens (tertiary/aromatic N) is 3. The summed E-state index contributed by atoms with van der Waals surface area (Å²) < 4.78 is 5.77. The summed E-state index contributed by atoms with van der Waals surface area (Å²) >= 11 is 0. The van der Waals surface area contributed by atoms with E-state index in [0.29, 0.717) is 0 Å². The molecular weight excluding hydrogens is 417 g/mol. The number of likely N-dealkylation sites (N-methyl/N-ethyl adjacent to an activating group) is 1. The fourth-order valence-electron chi connectivity index (χ4n) is 3.40. The number of aliphatic imine (C=N–C) groups is 1. The third-order valence-corrected chi connectivity index (χ3v) is 4.92. The molecule has 0 bridgehead atoms. The van der Waals surface area contributed by atoms with E-state index in [-0.39, 0.29) is 30.1 Å². The highest BCUT2D eigenvalue weighted by molar-refractivity contribution is 14.0. The number of halogens is 1. The number of guanidine groups is 1. The lowest BCUT2D eigenvalue weighted by molar-refractivity contribution is -0.0161. The number of morpholine rings is 1. The molecule has 2 unspecified atom stereocenters. The first-order chi connectivity index (χ1) is 11.2. The number of rotatable bonds is 6. The first kappa shape index (κ1) is 21.9. The second kappa shape index (κ2) is 12.3. The molecule has 2 saturated heterocycles. The van der Waals surface area contributed by atoms with Crippen molar-refractivity contribution in [1.29, 1.82) is 0 Å². The van der Waals surface area contributed by atoms with Crippen LogP contribution >= 0.6 is 24.0 Å². The summed E-state index contributed by atoms with van der Waals surface area (Å²) in [5, 5.41) is 6.80. The number of hydrogen-bond acceptors (Lipinski definition) is 4. The molecule has 0 aliphatic carbocycles. The van der Waals surface area contributed by atoms with Crippen LogP contribution in [0.25, 0.3) is 0 Å². The summed E-state index contributed by atoms with van der Waals surface area (Å²) in [7, 11) is 3.97. The van der Waals surface area contributed by atoms with Crippen molar-refractivity contribution in [2.24, 2.45) is 4.99 Å². The minimum Gasteiger partial charge on any atom is -0.374 e. The van der Waals surface area contributed by atoms with Crippen molar-refractivity contribution < 1.29 is 4.74 Å². The van der Waals surface area contributed by atoms with Gasteiger partial charge in [-0.15, -0.1) is 24.0 Å². The molecule has 2 aliphatic heterocycles. The quantitative estimate of drug-likeness (QED) is 0.276. The molecule has 7 heteroatoms. The van der Waals surface area contributed by atoms with E-state index in [1.165, 1.54) is 32.4 Å². The molecular formula is C17H36IN5O. The second-order valence-corrected chi connectivity index (χ2v) is 6.87. The van der Waals surface area contributed by atoms with Gasteiger partial charge >= 0.3 is 0 Å². The van der Waals surface area contributed by atoms with Crippen LogP contribution in [0.2, 0.25) is 0 Å². The third kappa shape index (κ3) is 7.84. The van der Waals surface area contributed by atoms with E-state index in [9.17, 15) is 0 Å². The number of ether oxygens (including phenoxy) is 1. The Morgan fingerprint density at radius 2 is 2.08 bits per heavy atom. The first-order valence-corrected chi connectivity index (χ1v) is 9.17. The lowest BCUT2D eigenvalue weighted by Gasteiger charge is -2.33. The Bertz CT molecular complexity index is 369. The predicted molar refractivity (Wildman–Crippen MR) is 112 cm³/mol. The summed E-state index contributed by atoms with van der Waals surface area (Å²) in [5.41, 5.74) is 0. The summed E-state index contributed by atoms with van der Waals surface area (Å²) in [6.07, 6.45) is 5.52. The molecule has 0 amide bonds. The van der Waals surface area contributed by atoms with Gasteiger partial charge in [0.25, 0.3) is 0 Å². The minimum absolute atomic E-state index is 0. The number of nitrogens with one attached hydrogen (secondary N) is 2. The normalized spacial score (nSPS) is 26.7. The van der Waals surface area contributed by atoms with Crippen LogP contribution in [0, 0.1) is 0 Å². The molecule has 2 aliphatic rings. The van der Waals surface area contributed by atoms with E-state index in [0.717, 1.165) is 51.2 Å². The Labute approximate surface area is 164 Å². The van der Waals surface area contributed by atoms with Crippen molar-refractivity contribution in [2.75, 3.05) is 60.0 Å². The maximum atomic E-state index is 5.77. The van der Waals surface area contributed by atoms with Gasteiger partial charge in [-0.1, -0.05) is 6.42 Å². The van der Waals surface area contributed by atoms with Crippen LogP contribution in [0.3, 0.4) is 0 Å². The zero-order valence-electron chi connectivity index (χ0n) is 15.6. The third-order valence-electron chi connectivity index (χ3n) is 4.92. The van der Waals surface area contributed by atoms with Gasteiger partial charge in [-0.2, -0.15) is 0 Å². The smallest absolute Gasteiger partial charge is 0.191 e. The van der Waals surface area contributed by atoms with Gasteiger partial charge in [0.1, 0.15) is 0 Å². The van der Waals surface area contributed by atoms with Crippen molar-refractivity contribution >= 4 is 29.9 Å². The van der Waals surface area contributed by atoms with Crippen LogP contribution in [0.5, 0.6) is 0 Å². The number of hydrogen-bond donors (Lipinski definition) is 2. The number of piperidine rings is 1. The maximum absolute atomic E-state index is 5.77. The molecule has 0 spiro atoms. The summed E-state index contributed by atoms with van der Waals surface area (Å²) in [5.74, 6) is 0.883. The summed E-state index contributed by atoms with van der Waals surface area (Å²) in [6, 6.07) is 0.752. The monoisotopic (exact) mass is 453 g/mol. The molecule has 142 valence electrons. The van der Waals surface area contributed by atoms with Crippen LogP contribution in [0.15, 0.2) is 4.99 Å². The van der Waals surface area contributed by atoms with Gasteiger partial charge in [0.05, 0.1) is 12.7 Å². The van der Waals surface area contributed by atoms with Crippen LogP contribution < -0.4 is 10.6 Å². The first-order valence-electron chi connectivity index (χ1n) is 9.17. The maximum Gasteiger partial charge on any atom is 0.191 e. The summed E-state index contributed by atoms with van der Waals surface area (Å²) in [4.78, 5) is 9.23. The molecule has 24 heavy (non-hydrogen) atoms. The predicted octanol–water partition coefficient (Wildman–Crippen LogP) is 1.36. The van der Waals surface area contributed by atoms with E-state index < -0.39 is 0 Å². The van der Waals surface area contributed by atoms with Gasteiger partial charge in [-0.05, 0) is 39.8 Å². The van der Waals surface area contributed by atoms with Crippen LogP contribution in [0.1, 0.15) is 32.6 Å². The van der Waals surface area contributed by atoms with Crippen LogP contribution in [-0.2, 0) is 4.74 Å². The van der Waals surface area contributed by atoms with Crippen molar-refractivity contribution in [3.05, 3.63) is 0 Å². The Hall–Kier alpha value is -0.120. The fraction of sp³-hybridized carbons (Fsp3) is 0.941. The molecule has 0 aromatic carbocycles. The molecule has 0 aromatic heterocycles. The zero-order chi connectivity index (χ0) is 16.5. The zero-order valence-corrected chi connectivity index (χ0v) is 17.9. The molecule has 0 radical (unpaired) electrons. The highest BCUT2D eigenvalue weighted by Crippen LogP contribution is 2.15. The average molecular weight is 453 g/mol. The van der Waals surface area contributed by atoms with E-state index in [4.69, 9.17) is 4.74 Å². The van der Waals surface area contributed by atoms with E-state index >= 15 is 0 Å². The Kier molecular flexibility index (Phi) is 11.2. The SMILES string of the molecule is CN=C(NCCCN1CCCCC1C)NCC1CN(C)CCO1.I. The average Bonchev–Trinajstić information content (AvgIpc) is 2.56. The molecule has 0 saturated carbocycles.